The van der Waals surface area contributed by atoms with Crippen LogP contribution in [0.25, 0.3) is 0 Å². The van der Waals surface area contributed by atoms with Gasteiger partial charge in [-0.3, -0.25) is 4.79 Å². The Balaban J connectivity index is 2.47. The number of benzene rings is 2. The molecule has 2 aromatic rings. The maximum Gasteiger partial charge on any atom is 0.321 e. The molecule has 24 heavy (non-hydrogen) atoms. The summed E-state index contributed by atoms with van der Waals surface area (Å²) in [6, 6.07) is 10.9. The minimum absolute atomic E-state index is 0.0354. The van der Waals surface area contributed by atoms with Gasteiger partial charge in [0, 0.05) is 4.47 Å². The van der Waals surface area contributed by atoms with Crippen LogP contribution in [-0.2, 0) is 29.2 Å². The van der Waals surface area contributed by atoms with Crippen molar-refractivity contribution in [2.75, 3.05) is 12.9 Å². The zero-order valence-electron chi connectivity index (χ0n) is 12.5. The van der Waals surface area contributed by atoms with Gasteiger partial charge in [-0.1, -0.05) is 22.0 Å². The molecule has 2 aromatic carbocycles. The maximum absolute atomic E-state index is 12.6. The standard InChI is InChI=1S/C15H13BrO6S2/c1-22-15(17)10-23(18,19)13-3-2-4-14(9-13)24(20,21)12-7-5-11(16)6-8-12/h2-9H,10H2,1H3. The van der Waals surface area contributed by atoms with Crippen LogP contribution in [0.1, 0.15) is 0 Å². The maximum atomic E-state index is 12.6. The fraction of sp³-hybridized carbons (Fsp3) is 0.133. The van der Waals surface area contributed by atoms with E-state index in [1.54, 1.807) is 12.1 Å². The molecule has 0 saturated heterocycles. The molecule has 0 N–H and O–H groups in total. The molecule has 0 fully saturated rings. The smallest absolute Gasteiger partial charge is 0.321 e. The predicted molar refractivity (Wildman–Crippen MR) is 90.1 cm³/mol. The largest absolute Gasteiger partial charge is 0.468 e. The van der Waals surface area contributed by atoms with Crippen molar-refractivity contribution in [3.63, 3.8) is 0 Å². The van der Waals surface area contributed by atoms with Gasteiger partial charge < -0.3 is 4.74 Å². The molecule has 0 atom stereocenters. The number of rotatable bonds is 5. The Morgan fingerprint density at radius 3 is 2.12 bits per heavy atom. The molecular formula is C15H13BrO6S2. The van der Waals surface area contributed by atoms with Gasteiger partial charge in [0.15, 0.2) is 15.6 Å². The first-order valence-corrected chi connectivity index (χ1v) is 10.5. The Labute approximate surface area is 148 Å². The predicted octanol–water partition coefficient (Wildman–Crippen LogP) is 2.23. The molecule has 0 aliphatic rings. The Morgan fingerprint density at radius 1 is 0.958 bits per heavy atom. The highest BCUT2D eigenvalue weighted by molar-refractivity contribution is 9.10. The highest BCUT2D eigenvalue weighted by Gasteiger charge is 2.23. The third-order valence-electron chi connectivity index (χ3n) is 3.13. The van der Waals surface area contributed by atoms with Gasteiger partial charge in [0.1, 0.15) is 0 Å². The monoisotopic (exact) mass is 432 g/mol. The summed E-state index contributed by atoms with van der Waals surface area (Å²) in [6.45, 7) is 0. The number of halogens is 1. The molecule has 0 heterocycles. The van der Waals surface area contributed by atoms with Crippen molar-refractivity contribution in [1.29, 1.82) is 0 Å². The van der Waals surface area contributed by atoms with E-state index >= 15 is 0 Å². The first kappa shape index (κ1) is 18.6. The highest BCUT2D eigenvalue weighted by atomic mass is 79.9. The molecule has 0 aromatic heterocycles. The molecule has 0 amide bonds. The summed E-state index contributed by atoms with van der Waals surface area (Å²) in [4.78, 5) is 10.8. The first-order valence-electron chi connectivity index (χ1n) is 6.57. The quantitative estimate of drug-likeness (QED) is 0.672. The Kier molecular flexibility index (Phi) is 5.46. The Bertz CT molecular complexity index is 963. The van der Waals surface area contributed by atoms with Crippen LogP contribution >= 0.6 is 15.9 Å². The van der Waals surface area contributed by atoms with E-state index in [4.69, 9.17) is 0 Å². The molecule has 0 saturated carbocycles. The van der Waals surface area contributed by atoms with E-state index in [2.05, 4.69) is 20.7 Å². The minimum Gasteiger partial charge on any atom is -0.468 e. The van der Waals surface area contributed by atoms with Gasteiger partial charge in [0.2, 0.25) is 9.84 Å². The van der Waals surface area contributed by atoms with E-state index in [9.17, 15) is 21.6 Å². The summed E-state index contributed by atoms with van der Waals surface area (Å²) < 4.78 is 54.6. The second kappa shape index (κ2) is 7.04. The zero-order chi connectivity index (χ0) is 18.0. The summed E-state index contributed by atoms with van der Waals surface area (Å²) in [7, 11) is -6.79. The van der Waals surface area contributed by atoms with Crippen LogP contribution < -0.4 is 0 Å². The Hall–Kier alpha value is -1.71. The summed E-state index contributed by atoms with van der Waals surface area (Å²) in [5.74, 6) is -1.78. The zero-order valence-corrected chi connectivity index (χ0v) is 15.7. The molecule has 6 nitrogen and oxygen atoms in total. The van der Waals surface area contributed by atoms with Crippen molar-refractivity contribution in [1.82, 2.24) is 0 Å². The molecule has 128 valence electrons. The van der Waals surface area contributed by atoms with Crippen molar-refractivity contribution in [3.05, 3.63) is 53.0 Å². The Morgan fingerprint density at radius 2 is 1.54 bits per heavy atom. The molecule has 0 aliphatic heterocycles. The summed E-state index contributed by atoms with van der Waals surface area (Å²) in [5, 5.41) is 0. The topological polar surface area (TPSA) is 94.6 Å². The van der Waals surface area contributed by atoms with E-state index in [1.165, 1.54) is 30.3 Å². The van der Waals surface area contributed by atoms with Gasteiger partial charge in [0.05, 0.1) is 21.8 Å². The lowest BCUT2D eigenvalue weighted by atomic mass is 10.4. The number of sulfone groups is 2. The van der Waals surface area contributed by atoms with Crippen LogP contribution in [0, 0.1) is 0 Å². The molecule has 0 aliphatic carbocycles. The first-order chi connectivity index (χ1) is 11.2. The number of hydrogen-bond acceptors (Lipinski definition) is 6. The van der Waals surface area contributed by atoms with E-state index < -0.39 is 31.4 Å². The van der Waals surface area contributed by atoms with Gasteiger partial charge in [-0.05, 0) is 42.5 Å². The van der Waals surface area contributed by atoms with Crippen molar-refractivity contribution in [2.45, 2.75) is 14.7 Å². The normalized spacial score (nSPS) is 11.9. The van der Waals surface area contributed by atoms with Gasteiger partial charge in [-0.2, -0.15) is 0 Å². The van der Waals surface area contributed by atoms with Crippen LogP contribution in [0.4, 0.5) is 0 Å². The molecule has 0 radical (unpaired) electrons. The van der Waals surface area contributed by atoms with Crippen molar-refractivity contribution in [3.8, 4) is 0 Å². The lowest BCUT2D eigenvalue weighted by Gasteiger charge is -2.08. The second-order valence-electron chi connectivity index (χ2n) is 4.77. The third kappa shape index (κ3) is 4.03. The van der Waals surface area contributed by atoms with Gasteiger partial charge in [-0.25, -0.2) is 16.8 Å². The van der Waals surface area contributed by atoms with Crippen LogP contribution in [0.3, 0.4) is 0 Å². The molecule has 2 rings (SSSR count). The van der Waals surface area contributed by atoms with Crippen LogP contribution in [-0.4, -0.2) is 35.7 Å². The van der Waals surface area contributed by atoms with Crippen LogP contribution in [0.5, 0.6) is 0 Å². The number of methoxy groups -OCH3 is 1. The minimum atomic E-state index is -3.99. The molecular weight excluding hydrogens is 420 g/mol. The van der Waals surface area contributed by atoms with E-state index in [-0.39, 0.29) is 14.7 Å². The molecule has 0 spiro atoms. The number of carbonyl (C=O) groups excluding carboxylic acids is 1. The number of carbonyl (C=O) groups is 1. The highest BCUT2D eigenvalue weighted by Crippen LogP contribution is 2.25. The van der Waals surface area contributed by atoms with Gasteiger partial charge in [0.25, 0.3) is 0 Å². The fourth-order valence-electron chi connectivity index (χ4n) is 1.88. The average molecular weight is 433 g/mol. The summed E-state index contributed by atoms with van der Waals surface area (Å²) in [5.41, 5.74) is 0. The van der Waals surface area contributed by atoms with E-state index in [1.807, 2.05) is 0 Å². The lowest BCUT2D eigenvalue weighted by molar-refractivity contribution is -0.137. The molecule has 0 bridgehead atoms. The number of hydrogen-bond donors (Lipinski definition) is 0. The third-order valence-corrected chi connectivity index (χ3v) is 7.02. The second-order valence-corrected chi connectivity index (χ2v) is 9.62. The summed E-state index contributed by atoms with van der Waals surface area (Å²) >= 11 is 3.22. The fourth-order valence-corrected chi connectivity index (χ4v) is 4.71. The van der Waals surface area contributed by atoms with Gasteiger partial charge >= 0.3 is 5.97 Å². The van der Waals surface area contributed by atoms with Crippen LogP contribution in [0.2, 0.25) is 0 Å². The number of esters is 1. The van der Waals surface area contributed by atoms with Crippen molar-refractivity contribution >= 4 is 41.6 Å². The SMILES string of the molecule is COC(=O)CS(=O)(=O)c1cccc(S(=O)(=O)c2ccc(Br)cc2)c1. The van der Waals surface area contributed by atoms with E-state index in [0.29, 0.717) is 0 Å². The van der Waals surface area contributed by atoms with Crippen molar-refractivity contribution < 1.29 is 26.4 Å². The molecule has 0 unspecified atom stereocenters. The summed E-state index contributed by atoms with van der Waals surface area (Å²) in [6.07, 6.45) is 0. The van der Waals surface area contributed by atoms with E-state index in [0.717, 1.165) is 17.6 Å². The molecule has 9 heteroatoms. The lowest BCUT2D eigenvalue weighted by Crippen LogP contribution is -2.17. The van der Waals surface area contributed by atoms with Crippen molar-refractivity contribution in [2.24, 2.45) is 0 Å². The van der Waals surface area contributed by atoms with Crippen LogP contribution in [0.15, 0.2) is 67.7 Å². The number of ether oxygens (including phenoxy) is 1. The average Bonchev–Trinajstić information content (AvgIpc) is 2.55. The van der Waals surface area contributed by atoms with Gasteiger partial charge in [-0.15, -0.1) is 0 Å².